The Hall–Kier alpha value is -3.39. The van der Waals surface area contributed by atoms with E-state index in [4.69, 9.17) is 4.74 Å². The van der Waals surface area contributed by atoms with E-state index >= 15 is 0 Å². The average molecular weight is 535 g/mol. The molecule has 0 spiro atoms. The van der Waals surface area contributed by atoms with E-state index in [1.807, 2.05) is 32.0 Å². The molecule has 0 N–H and O–H groups in total. The minimum Gasteiger partial charge on any atom is -0.486 e. The number of Topliss-reactive ketones (excluding diaryl/α,β-unsaturated/α-hetero) is 1. The van der Waals surface area contributed by atoms with Crippen LogP contribution in [0.4, 0.5) is 4.39 Å². The van der Waals surface area contributed by atoms with Crippen LogP contribution in [0, 0.1) is 25.6 Å². The third kappa shape index (κ3) is 6.72. The molecule has 2 aromatic heterocycles. The van der Waals surface area contributed by atoms with E-state index in [0.29, 0.717) is 29.8 Å². The summed E-state index contributed by atoms with van der Waals surface area (Å²) in [6, 6.07) is 16.5. The molecule has 0 radical (unpaired) electrons. The molecule has 0 amide bonds. The molecule has 38 heavy (non-hydrogen) atoms. The zero-order chi connectivity index (χ0) is 27.2. The van der Waals surface area contributed by atoms with Crippen molar-refractivity contribution in [3.63, 3.8) is 0 Å². The third-order valence-corrected chi connectivity index (χ3v) is 7.47. The second-order valence-electron chi connectivity index (χ2n) is 9.90. The highest BCUT2D eigenvalue weighted by Crippen LogP contribution is 2.24. The summed E-state index contributed by atoms with van der Waals surface area (Å²) in [5, 5.41) is 9.49. The van der Waals surface area contributed by atoms with Gasteiger partial charge in [0, 0.05) is 30.0 Å². The van der Waals surface area contributed by atoms with Crippen LogP contribution in [0.5, 0.6) is 5.75 Å². The van der Waals surface area contributed by atoms with Crippen LogP contribution in [0.25, 0.3) is 0 Å². The monoisotopic (exact) mass is 534 g/mol. The van der Waals surface area contributed by atoms with Crippen molar-refractivity contribution in [3.05, 3.63) is 94.3 Å². The maximum atomic E-state index is 13.3. The van der Waals surface area contributed by atoms with Crippen molar-refractivity contribution in [2.45, 2.75) is 65.9 Å². The number of aromatic nitrogens is 4. The van der Waals surface area contributed by atoms with E-state index in [9.17, 15) is 9.18 Å². The lowest BCUT2D eigenvalue weighted by Gasteiger charge is -2.13. The van der Waals surface area contributed by atoms with Crippen molar-refractivity contribution in [2.75, 3.05) is 5.75 Å². The second kappa shape index (κ2) is 12.4. The lowest BCUT2D eigenvalue weighted by Crippen LogP contribution is -2.13. The highest BCUT2D eigenvalue weighted by atomic mass is 32.2. The summed E-state index contributed by atoms with van der Waals surface area (Å²) < 4.78 is 23.4. The van der Waals surface area contributed by atoms with Crippen LogP contribution in [0.2, 0.25) is 0 Å². The van der Waals surface area contributed by atoms with E-state index < -0.39 is 0 Å². The number of thioether (sulfide) groups is 1. The number of benzene rings is 2. The van der Waals surface area contributed by atoms with E-state index in [-0.39, 0.29) is 17.4 Å². The fourth-order valence-electron chi connectivity index (χ4n) is 4.36. The van der Waals surface area contributed by atoms with Crippen molar-refractivity contribution >= 4 is 17.5 Å². The smallest absolute Gasteiger partial charge is 0.191 e. The molecule has 2 aromatic carbocycles. The lowest BCUT2D eigenvalue weighted by atomic mass is 10.2. The number of hydrogen-bond acceptors (Lipinski definition) is 5. The Morgan fingerprint density at radius 1 is 1.00 bits per heavy atom. The van der Waals surface area contributed by atoms with Gasteiger partial charge in [-0.25, -0.2) is 4.39 Å². The quantitative estimate of drug-likeness (QED) is 0.150. The number of carbonyl (C=O) groups excluding carboxylic acids is 1. The highest BCUT2D eigenvalue weighted by Gasteiger charge is 2.20. The normalized spacial score (nSPS) is 11.3. The molecule has 0 aliphatic heterocycles. The van der Waals surface area contributed by atoms with Gasteiger partial charge in [0.1, 0.15) is 18.2 Å². The number of nitrogens with zero attached hydrogens (tertiary/aromatic N) is 4. The van der Waals surface area contributed by atoms with Gasteiger partial charge >= 0.3 is 0 Å². The average Bonchev–Trinajstić information content (AvgIpc) is 3.41. The highest BCUT2D eigenvalue weighted by molar-refractivity contribution is 7.99. The predicted octanol–water partition coefficient (Wildman–Crippen LogP) is 6.66. The number of halogens is 1. The molecule has 8 heteroatoms. The van der Waals surface area contributed by atoms with Gasteiger partial charge < -0.3 is 13.9 Å². The number of ketones is 1. The molecule has 0 bridgehead atoms. The molecule has 2 heterocycles. The third-order valence-electron chi connectivity index (χ3n) is 6.50. The molecule has 0 unspecified atom stereocenters. The van der Waals surface area contributed by atoms with Crippen LogP contribution in [-0.4, -0.2) is 30.9 Å². The first kappa shape index (κ1) is 27.6. The molecule has 0 aliphatic rings. The summed E-state index contributed by atoms with van der Waals surface area (Å²) >= 11 is 1.40. The standard InChI is InChI=1S/C30H35FN4O2S/c1-6-23-9-13-26(14-10-23)37-18-29-32-33-30(35(29)16-20(2)3)38-19-28(36)27-15-21(4)34(22(27)5)17-24-7-11-25(31)12-8-24/h7-15,20H,6,16-19H2,1-5H3. The zero-order valence-corrected chi connectivity index (χ0v) is 23.5. The van der Waals surface area contributed by atoms with Crippen LogP contribution in [0.15, 0.2) is 59.8 Å². The van der Waals surface area contributed by atoms with Gasteiger partial charge in [0.2, 0.25) is 0 Å². The predicted molar refractivity (Wildman–Crippen MR) is 149 cm³/mol. The number of carbonyl (C=O) groups is 1. The van der Waals surface area contributed by atoms with Crippen molar-refractivity contribution in [2.24, 2.45) is 5.92 Å². The largest absolute Gasteiger partial charge is 0.486 e. The Bertz CT molecular complexity index is 1370. The van der Waals surface area contributed by atoms with Crippen molar-refractivity contribution in [1.82, 2.24) is 19.3 Å². The molecule has 4 rings (SSSR count). The van der Waals surface area contributed by atoms with Gasteiger partial charge in [-0.15, -0.1) is 10.2 Å². The SMILES string of the molecule is CCc1ccc(OCc2nnc(SCC(=O)c3cc(C)n(Cc4ccc(F)cc4)c3C)n2CC(C)C)cc1. The second-order valence-corrected chi connectivity index (χ2v) is 10.8. The molecular weight excluding hydrogens is 499 g/mol. The summed E-state index contributed by atoms with van der Waals surface area (Å²) in [6.45, 7) is 12.0. The molecule has 200 valence electrons. The van der Waals surface area contributed by atoms with Crippen molar-refractivity contribution in [1.29, 1.82) is 0 Å². The van der Waals surface area contributed by atoms with Crippen LogP contribution in [0.1, 0.15) is 59.5 Å². The van der Waals surface area contributed by atoms with Crippen LogP contribution >= 0.6 is 11.8 Å². The maximum absolute atomic E-state index is 13.3. The van der Waals surface area contributed by atoms with Crippen LogP contribution < -0.4 is 4.74 Å². The first-order chi connectivity index (χ1) is 18.2. The molecular formula is C30H35FN4O2S. The lowest BCUT2D eigenvalue weighted by molar-refractivity contribution is 0.102. The van der Waals surface area contributed by atoms with Gasteiger partial charge in [-0.05, 0) is 67.6 Å². The summed E-state index contributed by atoms with van der Waals surface area (Å²) in [5.41, 5.74) is 4.85. The van der Waals surface area contributed by atoms with Crippen molar-refractivity contribution in [3.8, 4) is 5.75 Å². The van der Waals surface area contributed by atoms with Crippen molar-refractivity contribution < 1.29 is 13.9 Å². The summed E-state index contributed by atoms with van der Waals surface area (Å²) in [7, 11) is 0. The molecule has 0 atom stereocenters. The van der Waals surface area contributed by atoms with Gasteiger partial charge in [-0.3, -0.25) is 4.79 Å². The fraction of sp³-hybridized carbons (Fsp3) is 0.367. The molecule has 0 saturated carbocycles. The number of hydrogen-bond donors (Lipinski definition) is 0. The molecule has 4 aromatic rings. The zero-order valence-electron chi connectivity index (χ0n) is 22.7. The summed E-state index contributed by atoms with van der Waals surface area (Å²) in [5.74, 6) is 1.96. The molecule has 0 aliphatic carbocycles. The topological polar surface area (TPSA) is 61.9 Å². The fourth-order valence-corrected chi connectivity index (χ4v) is 5.21. The number of ether oxygens (including phenoxy) is 1. The summed E-state index contributed by atoms with van der Waals surface area (Å²) in [4.78, 5) is 13.2. The van der Waals surface area contributed by atoms with Gasteiger partial charge in [-0.2, -0.15) is 0 Å². The Balaban J connectivity index is 1.44. The van der Waals surface area contributed by atoms with Gasteiger partial charge in [0.15, 0.2) is 16.8 Å². The maximum Gasteiger partial charge on any atom is 0.191 e. The van der Waals surface area contributed by atoms with Gasteiger partial charge in [0.05, 0.1) is 5.75 Å². The molecule has 6 nitrogen and oxygen atoms in total. The van der Waals surface area contributed by atoms with E-state index in [0.717, 1.165) is 41.5 Å². The Morgan fingerprint density at radius 3 is 2.34 bits per heavy atom. The Kier molecular flexibility index (Phi) is 9.05. The Labute approximate surface area is 228 Å². The van der Waals surface area contributed by atoms with Gasteiger partial charge in [0.25, 0.3) is 0 Å². The van der Waals surface area contributed by atoms with E-state index in [2.05, 4.69) is 52.2 Å². The number of aryl methyl sites for hydroxylation is 2. The first-order valence-electron chi connectivity index (χ1n) is 13.0. The molecule has 0 fully saturated rings. The minimum absolute atomic E-state index is 0.0429. The Morgan fingerprint density at radius 2 is 1.68 bits per heavy atom. The van der Waals surface area contributed by atoms with E-state index in [1.165, 1.54) is 29.5 Å². The summed E-state index contributed by atoms with van der Waals surface area (Å²) in [6.07, 6.45) is 0.986. The minimum atomic E-state index is -0.256. The van der Waals surface area contributed by atoms with Gasteiger partial charge in [-0.1, -0.05) is 56.8 Å². The molecule has 0 saturated heterocycles. The number of rotatable bonds is 12. The first-order valence-corrected chi connectivity index (χ1v) is 13.9. The van der Waals surface area contributed by atoms with Crippen LogP contribution in [-0.2, 0) is 26.1 Å². The van der Waals surface area contributed by atoms with Crippen LogP contribution in [0.3, 0.4) is 0 Å². The van der Waals surface area contributed by atoms with E-state index in [1.54, 1.807) is 12.1 Å².